The van der Waals surface area contributed by atoms with E-state index in [4.69, 9.17) is 0 Å². The van der Waals surface area contributed by atoms with Gasteiger partial charge in [0.1, 0.15) is 8.07 Å². The minimum Gasteiger partial charge on any atom is -0.314 e. The third kappa shape index (κ3) is 2.02. The van der Waals surface area contributed by atoms with Crippen LogP contribution in [0, 0.1) is 11.8 Å². The fourth-order valence-corrected chi connectivity index (χ4v) is 18.4. The van der Waals surface area contributed by atoms with Gasteiger partial charge in [-0.05, 0) is 22.9 Å². The smallest absolute Gasteiger partial charge is 0.102 e. The fraction of sp³-hybridized carbons (Fsp3) is 1.00. The quantitative estimate of drug-likeness (QED) is 0.495. The van der Waals surface area contributed by atoms with E-state index in [-0.39, 0.29) is 0 Å². The summed E-state index contributed by atoms with van der Waals surface area (Å²) in [4.78, 5) is 0. The summed E-state index contributed by atoms with van der Waals surface area (Å²) in [5, 5.41) is 16.3. The van der Waals surface area contributed by atoms with Crippen molar-refractivity contribution in [3.05, 3.63) is 0 Å². The van der Waals surface area contributed by atoms with Gasteiger partial charge in [-0.15, -0.1) is 0 Å². The summed E-state index contributed by atoms with van der Waals surface area (Å²) in [6.45, 7) is 4.73. The first-order chi connectivity index (χ1) is 12.4. The molecule has 4 aliphatic heterocycles. The van der Waals surface area contributed by atoms with Crippen LogP contribution in [0.15, 0.2) is 0 Å². The van der Waals surface area contributed by atoms with E-state index in [9.17, 15) is 0 Å². The first kappa shape index (κ1) is 16.1. The maximum atomic E-state index is 4.16. The van der Waals surface area contributed by atoms with Crippen LogP contribution in [0.1, 0.15) is 51.4 Å². The molecule has 25 heavy (non-hydrogen) atoms. The number of hydrogen-bond donors (Lipinski definition) is 4. The molecule has 4 saturated heterocycles. The Bertz CT molecular complexity index is 434. The molecule has 0 amide bonds. The van der Waals surface area contributed by atoms with Gasteiger partial charge in [0.25, 0.3) is 0 Å². The van der Waals surface area contributed by atoms with Crippen molar-refractivity contribution >= 4 is 8.07 Å². The molecule has 2 saturated carbocycles. The van der Waals surface area contributed by atoms with Gasteiger partial charge < -0.3 is 21.3 Å². The zero-order valence-electron chi connectivity index (χ0n) is 15.6. The van der Waals surface area contributed by atoms with Crippen molar-refractivity contribution in [1.29, 1.82) is 0 Å². The molecule has 0 aromatic rings. The predicted octanol–water partition coefficient (Wildman–Crippen LogP) is 1.52. The molecular weight excluding hydrogens is 324 g/mol. The number of piperazine rings is 2. The summed E-state index contributed by atoms with van der Waals surface area (Å²) < 4.78 is 0. The molecule has 4 heterocycles. The molecule has 6 fully saturated rings. The van der Waals surface area contributed by atoms with Crippen molar-refractivity contribution in [3.63, 3.8) is 0 Å². The first-order valence-corrected chi connectivity index (χ1v) is 13.7. The molecule has 1 spiro atoms. The van der Waals surface area contributed by atoms with E-state index >= 15 is 0 Å². The molecule has 0 radical (unpaired) electrons. The zero-order chi connectivity index (χ0) is 16.4. The Kier molecular flexibility index (Phi) is 3.87. The molecular formula is C20H36N4Si. The Labute approximate surface area is 153 Å². The molecule has 6 rings (SSSR count). The molecule has 4 nitrogen and oxygen atoms in total. The average Bonchev–Trinajstić information content (AvgIpc) is 3.16. The van der Waals surface area contributed by atoms with Gasteiger partial charge in [-0.25, -0.2) is 0 Å². The van der Waals surface area contributed by atoms with Crippen molar-refractivity contribution in [2.24, 2.45) is 11.8 Å². The Balaban J connectivity index is 1.50. The number of fused-ring (bicyclic) bond motifs is 10. The lowest BCUT2D eigenvalue weighted by Crippen LogP contribution is -2.70. The third-order valence-electron chi connectivity index (χ3n) is 9.39. The van der Waals surface area contributed by atoms with Crippen molar-refractivity contribution in [2.75, 3.05) is 26.2 Å². The summed E-state index contributed by atoms with van der Waals surface area (Å²) in [7, 11) is -1.47. The number of rotatable bonds is 0. The number of hydrogen-bond acceptors (Lipinski definition) is 4. The second-order valence-corrected chi connectivity index (χ2v) is 14.7. The van der Waals surface area contributed by atoms with Crippen LogP contribution in [0.25, 0.3) is 0 Å². The van der Waals surface area contributed by atoms with Gasteiger partial charge in [-0.1, -0.05) is 51.4 Å². The molecule has 4 N–H and O–H groups in total. The largest absolute Gasteiger partial charge is 0.314 e. The van der Waals surface area contributed by atoms with Crippen molar-refractivity contribution in [1.82, 2.24) is 21.3 Å². The molecule has 0 aromatic heterocycles. The Morgan fingerprint density at radius 2 is 0.960 bits per heavy atom. The normalized spacial score (nSPS) is 57.6. The van der Waals surface area contributed by atoms with Crippen LogP contribution in [0.5, 0.6) is 0 Å². The minimum atomic E-state index is -1.47. The van der Waals surface area contributed by atoms with Crippen molar-refractivity contribution < 1.29 is 0 Å². The van der Waals surface area contributed by atoms with E-state index in [0.717, 1.165) is 34.2 Å². The predicted molar refractivity (Wildman–Crippen MR) is 104 cm³/mol. The summed E-state index contributed by atoms with van der Waals surface area (Å²) in [6.07, 6.45) is 12.4. The highest BCUT2D eigenvalue weighted by atomic mass is 28.3. The summed E-state index contributed by atoms with van der Waals surface area (Å²) in [6, 6.07) is 1.39. The summed E-state index contributed by atoms with van der Waals surface area (Å²) >= 11 is 0. The Morgan fingerprint density at radius 3 is 1.48 bits per heavy atom. The standard InChI is InChI=1S/C20H36N4Si/c1-3-7-15-13(5-1)14-6-2-4-8-16(14)25(15)19-17(21-9-11-23-19)18-20(25)24-12-10-22-18/h13-24H,1-12H2. The van der Waals surface area contributed by atoms with Crippen LogP contribution in [0.2, 0.25) is 11.1 Å². The highest BCUT2D eigenvalue weighted by molar-refractivity contribution is 6.87. The monoisotopic (exact) mass is 360 g/mol. The fourth-order valence-electron chi connectivity index (χ4n) is 9.04. The van der Waals surface area contributed by atoms with Gasteiger partial charge >= 0.3 is 0 Å². The molecule has 8 atom stereocenters. The molecule has 140 valence electrons. The molecule has 5 heteroatoms. The maximum absolute atomic E-state index is 4.16. The van der Waals surface area contributed by atoms with E-state index < -0.39 is 8.07 Å². The third-order valence-corrected chi connectivity index (χ3v) is 16.7. The van der Waals surface area contributed by atoms with Crippen LogP contribution >= 0.6 is 0 Å². The van der Waals surface area contributed by atoms with Gasteiger partial charge in [-0.2, -0.15) is 0 Å². The maximum Gasteiger partial charge on any atom is 0.102 e. The highest BCUT2D eigenvalue weighted by Gasteiger charge is 2.73. The van der Waals surface area contributed by atoms with Gasteiger partial charge in [0.2, 0.25) is 0 Å². The van der Waals surface area contributed by atoms with Crippen LogP contribution in [-0.4, -0.2) is 57.7 Å². The lowest BCUT2D eigenvalue weighted by molar-refractivity contribution is 0.226. The average molecular weight is 361 g/mol. The number of nitrogens with one attached hydrogen (secondary N) is 4. The van der Waals surface area contributed by atoms with Gasteiger partial charge in [0.15, 0.2) is 0 Å². The zero-order valence-corrected chi connectivity index (χ0v) is 16.6. The molecule has 8 unspecified atom stereocenters. The van der Waals surface area contributed by atoms with E-state index in [1.165, 1.54) is 51.9 Å². The SMILES string of the molecule is C1CCC2C(C1)C1CCCCC1[Si]21C2NCCNC2C2NCCNC21. The highest BCUT2D eigenvalue weighted by Crippen LogP contribution is 2.67. The second-order valence-electron chi connectivity index (χ2n) is 9.93. The molecule has 6 aliphatic rings. The van der Waals surface area contributed by atoms with E-state index in [1.807, 2.05) is 0 Å². The lowest BCUT2D eigenvalue weighted by atomic mass is 9.73. The van der Waals surface area contributed by atoms with E-state index in [2.05, 4.69) is 21.3 Å². The van der Waals surface area contributed by atoms with Gasteiger partial charge in [0.05, 0.1) is 0 Å². The Morgan fingerprint density at radius 1 is 0.520 bits per heavy atom. The first-order valence-electron chi connectivity index (χ1n) is 11.4. The molecule has 0 aromatic carbocycles. The van der Waals surface area contributed by atoms with Gasteiger partial charge in [-0.3, -0.25) is 0 Å². The topological polar surface area (TPSA) is 48.1 Å². The van der Waals surface area contributed by atoms with Crippen LogP contribution in [-0.2, 0) is 0 Å². The lowest BCUT2D eigenvalue weighted by Gasteiger charge is -2.49. The second kappa shape index (κ2) is 6.03. The van der Waals surface area contributed by atoms with Crippen molar-refractivity contribution in [2.45, 2.75) is 85.9 Å². The van der Waals surface area contributed by atoms with Crippen LogP contribution in [0.4, 0.5) is 0 Å². The summed E-state index contributed by atoms with van der Waals surface area (Å²) in [5.41, 5.74) is 3.87. The van der Waals surface area contributed by atoms with E-state index in [1.54, 1.807) is 25.7 Å². The van der Waals surface area contributed by atoms with E-state index in [0.29, 0.717) is 12.1 Å². The van der Waals surface area contributed by atoms with Crippen LogP contribution in [0.3, 0.4) is 0 Å². The Hall–Kier alpha value is 0.0569. The van der Waals surface area contributed by atoms with Crippen molar-refractivity contribution in [3.8, 4) is 0 Å². The summed E-state index contributed by atoms with van der Waals surface area (Å²) in [5.74, 6) is 2.19. The molecule has 2 aliphatic carbocycles. The van der Waals surface area contributed by atoms with Gasteiger partial charge in [0, 0.05) is 49.6 Å². The molecule has 0 bridgehead atoms. The minimum absolute atomic E-state index is 0.696. The van der Waals surface area contributed by atoms with Crippen LogP contribution < -0.4 is 21.3 Å².